The van der Waals surface area contributed by atoms with E-state index in [0.29, 0.717) is 0 Å². The summed E-state index contributed by atoms with van der Waals surface area (Å²) in [5, 5.41) is 11.9. The van der Waals surface area contributed by atoms with Crippen LogP contribution in [0.1, 0.15) is 18.2 Å². The van der Waals surface area contributed by atoms with Gasteiger partial charge in [0.1, 0.15) is 0 Å². The van der Waals surface area contributed by atoms with Crippen molar-refractivity contribution in [3.63, 3.8) is 0 Å². The van der Waals surface area contributed by atoms with Crippen LogP contribution in [0, 0.1) is 0 Å². The van der Waals surface area contributed by atoms with E-state index in [1.807, 2.05) is 12.1 Å². The second-order valence-electron chi connectivity index (χ2n) is 2.60. The van der Waals surface area contributed by atoms with Crippen LogP contribution in [-0.4, -0.2) is 16.6 Å². The first-order valence-corrected chi connectivity index (χ1v) is 4.12. The zero-order valence-electron chi connectivity index (χ0n) is 7.25. The summed E-state index contributed by atoms with van der Waals surface area (Å²) in [6.07, 6.45) is 1.79. The fourth-order valence-electron chi connectivity index (χ4n) is 0.923. The Hall–Kier alpha value is -0.930. The van der Waals surface area contributed by atoms with E-state index in [9.17, 15) is 0 Å². The van der Waals surface area contributed by atoms with Gasteiger partial charge < -0.3 is 10.4 Å². The van der Waals surface area contributed by atoms with Crippen molar-refractivity contribution < 1.29 is 5.11 Å². The van der Waals surface area contributed by atoms with Gasteiger partial charge in [0.15, 0.2) is 0 Å². The average molecular weight is 166 g/mol. The van der Waals surface area contributed by atoms with E-state index in [1.165, 1.54) is 0 Å². The Bertz CT molecular complexity index is 220. The quantitative estimate of drug-likeness (QED) is 0.691. The SMILES string of the molecule is CCNCc1ccc(CO)nc1. The molecule has 3 nitrogen and oxygen atoms in total. The number of aliphatic hydroxyl groups excluding tert-OH is 1. The van der Waals surface area contributed by atoms with Gasteiger partial charge >= 0.3 is 0 Å². The molecule has 0 bridgehead atoms. The average Bonchev–Trinajstić information content (AvgIpc) is 2.15. The zero-order chi connectivity index (χ0) is 8.81. The third kappa shape index (κ3) is 2.60. The molecule has 0 aromatic carbocycles. The van der Waals surface area contributed by atoms with Gasteiger partial charge in [-0.1, -0.05) is 13.0 Å². The standard InChI is InChI=1S/C9H14N2O/c1-2-10-5-8-3-4-9(7-12)11-6-8/h3-4,6,10,12H,2,5,7H2,1H3. The monoisotopic (exact) mass is 166 g/mol. The van der Waals surface area contributed by atoms with E-state index < -0.39 is 0 Å². The molecule has 0 atom stereocenters. The lowest BCUT2D eigenvalue weighted by Crippen LogP contribution is -2.11. The molecule has 2 N–H and O–H groups in total. The summed E-state index contributed by atoms with van der Waals surface area (Å²) in [7, 11) is 0. The summed E-state index contributed by atoms with van der Waals surface area (Å²) in [4.78, 5) is 4.06. The van der Waals surface area contributed by atoms with Gasteiger partial charge in [-0.25, -0.2) is 0 Å². The molecule has 1 aromatic rings. The Balaban J connectivity index is 2.53. The molecule has 1 heterocycles. The van der Waals surface area contributed by atoms with Crippen molar-refractivity contribution in [3.8, 4) is 0 Å². The molecule has 0 aliphatic carbocycles. The van der Waals surface area contributed by atoms with E-state index >= 15 is 0 Å². The third-order valence-electron chi connectivity index (χ3n) is 1.63. The molecule has 1 aromatic heterocycles. The zero-order valence-corrected chi connectivity index (χ0v) is 7.25. The van der Waals surface area contributed by atoms with Gasteiger partial charge in [-0.15, -0.1) is 0 Å². The van der Waals surface area contributed by atoms with Crippen molar-refractivity contribution in [2.45, 2.75) is 20.1 Å². The number of aliphatic hydroxyl groups is 1. The summed E-state index contributed by atoms with van der Waals surface area (Å²) in [5.41, 5.74) is 1.87. The van der Waals surface area contributed by atoms with Crippen molar-refractivity contribution in [2.24, 2.45) is 0 Å². The normalized spacial score (nSPS) is 10.2. The lowest BCUT2D eigenvalue weighted by Gasteiger charge is -2.01. The van der Waals surface area contributed by atoms with Gasteiger partial charge in [-0.3, -0.25) is 4.98 Å². The maximum absolute atomic E-state index is 8.73. The molecule has 0 fully saturated rings. The molecule has 1 rings (SSSR count). The first kappa shape index (κ1) is 9.16. The maximum Gasteiger partial charge on any atom is 0.0852 e. The maximum atomic E-state index is 8.73. The number of nitrogens with one attached hydrogen (secondary N) is 1. The second-order valence-corrected chi connectivity index (χ2v) is 2.60. The minimum absolute atomic E-state index is 0.0154. The topological polar surface area (TPSA) is 45.1 Å². The largest absolute Gasteiger partial charge is 0.390 e. The number of aromatic nitrogens is 1. The fraction of sp³-hybridized carbons (Fsp3) is 0.444. The summed E-state index contributed by atoms with van der Waals surface area (Å²) in [6, 6.07) is 3.81. The summed E-state index contributed by atoms with van der Waals surface area (Å²) < 4.78 is 0. The van der Waals surface area contributed by atoms with Crippen LogP contribution in [0.5, 0.6) is 0 Å². The van der Waals surface area contributed by atoms with Crippen LogP contribution < -0.4 is 5.32 Å². The Morgan fingerprint density at radius 3 is 2.83 bits per heavy atom. The lowest BCUT2D eigenvalue weighted by atomic mass is 10.2. The Kier molecular flexibility index (Phi) is 3.70. The van der Waals surface area contributed by atoms with E-state index in [2.05, 4.69) is 17.2 Å². The molecule has 0 saturated heterocycles. The van der Waals surface area contributed by atoms with Crippen molar-refractivity contribution in [1.29, 1.82) is 0 Å². The molecule has 0 amide bonds. The van der Waals surface area contributed by atoms with Gasteiger partial charge in [0, 0.05) is 12.7 Å². The van der Waals surface area contributed by atoms with E-state index in [4.69, 9.17) is 5.11 Å². The van der Waals surface area contributed by atoms with Crippen LogP contribution >= 0.6 is 0 Å². The molecule has 0 saturated carbocycles. The molecule has 66 valence electrons. The van der Waals surface area contributed by atoms with Crippen molar-refractivity contribution in [1.82, 2.24) is 10.3 Å². The number of rotatable bonds is 4. The molecule has 0 aliphatic heterocycles. The van der Waals surface area contributed by atoms with Crippen molar-refractivity contribution in [3.05, 3.63) is 29.6 Å². The molecular weight excluding hydrogens is 152 g/mol. The van der Waals surface area contributed by atoms with Crippen molar-refractivity contribution in [2.75, 3.05) is 6.54 Å². The highest BCUT2D eigenvalue weighted by Gasteiger charge is 1.93. The number of hydrogen-bond donors (Lipinski definition) is 2. The van der Waals surface area contributed by atoms with Crippen LogP contribution in [0.15, 0.2) is 18.3 Å². The highest BCUT2D eigenvalue weighted by atomic mass is 16.3. The Morgan fingerprint density at radius 2 is 2.33 bits per heavy atom. The molecular formula is C9H14N2O. The van der Waals surface area contributed by atoms with Gasteiger partial charge in [-0.2, -0.15) is 0 Å². The van der Waals surface area contributed by atoms with Gasteiger partial charge in [0.2, 0.25) is 0 Å². The van der Waals surface area contributed by atoms with Gasteiger partial charge in [0.05, 0.1) is 12.3 Å². The minimum Gasteiger partial charge on any atom is -0.390 e. The van der Waals surface area contributed by atoms with E-state index in [-0.39, 0.29) is 6.61 Å². The molecule has 3 heteroatoms. The number of nitrogens with zero attached hydrogens (tertiary/aromatic N) is 1. The van der Waals surface area contributed by atoms with Crippen LogP contribution in [0.4, 0.5) is 0 Å². The Morgan fingerprint density at radius 1 is 1.50 bits per heavy atom. The fourth-order valence-corrected chi connectivity index (χ4v) is 0.923. The minimum atomic E-state index is 0.0154. The van der Waals surface area contributed by atoms with E-state index in [0.717, 1.165) is 24.3 Å². The Labute approximate surface area is 72.5 Å². The van der Waals surface area contributed by atoms with Gasteiger partial charge in [0.25, 0.3) is 0 Å². The lowest BCUT2D eigenvalue weighted by molar-refractivity contribution is 0.277. The first-order chi connectivity index (χ1) is 5.86. The van der Waals surface area contributed by atoms with Crippen LogP contribution in [0.3, 0.4) is 0 Å². The predicted molar refractivity (Wildman–Crippen MR) is 47.5 cm³/mol. The molecule has 0 unspecified atom stereocenters. The molecule has 0 radical (unpaired) electrons. The number of pyridine rings is 1. The van der Waals surface area contributed by atoms with Crippen LogP contribution in [-0.2, 0) is 13.2 Å². The highest BCUT2D eigenvalue weighted by Crippen LogP contribution is 1.99. The molecule has 0 spiro atoms. The van der Waals surface area contributed by atoms with E-state index in [1.54, 1.807) is 6.20 Å². The second kappa shape index (κ2) is 4.85. The summed E-state index contributed by atoms with van der Waals surface area (Å²) >= 11 is 0. The van der Waals surface area contributed by atoms with Crippen LogP contribution in [0.2, 0.25) is 0 Å². The number of hydrogen-bond acceptors (Lipinski definition) is 3. The summed E-state index contributed by atoms with van der Waals surface area (Å²) in [5.74, 6) is 0. The first-order valence-electron chi connectivity index (χ1n) is 4.12. The van der Waals surface area contributed by atoms with Crippen molar-refractivity contribution >= 4 is 0 Å². The summed E-state index contributed by atoms with van der Waals surface area (Å²) in [6.45, 7) is 3.88. The van der Waals surface area contributed by atoms with Gasteiger partial charge in [-0.05, 0) is 18.2 Å². The smallest absolute Gasteiger partial charge is 0.0852 e. The molecule has 0 aliphatic rings. The third-order valence-corrected chi connectivity index (χ3v) is 1.63. The highest BCUT2D eigenvalue weighted by molar-refractivity contribution is 5.13. The predicted octanol–water partition coefficient (Wildman–Crippen LogP) is 0.683. The van der Waals surface area contributed by atoms with Crippen LogP contribution in [0.25, 0.3) is 0 Å². The molecule has 12 heavy (non-hydrogen) atoms.